The van der Waals surface area contributed by atoms with Crippen molar-refractivity contribution in [2.24, 2.45) is 0 Å². The van der Waals surface area contributed by atoms with Gasteiger partial charge in [-0.3, -0.25) is 9.48 Å². The molecule has 1 aromatic rings. The minimum absolute atomic E-state index is 0.0864. The summed E-state index contributed by atoms with van der Waals surface area (Å²) in [6.07, 6.45) is 4.89. The Kier molecular flexibility index (Phi) is 3.26. The Hall–Kier alpha value is -1.03. The molecule has 2 heterocycles. The number of hydrogen-bond acceptors (Lipinski definition) is 2. The average molecular weight is 209 g/mol. The van der Waals surface area contributed by atoms with E-state index in [-0.39, 0.29) is 5.56 Å². The van der Waals surface area contributed by atoms with E-state index in [2.05, 4.69) is 10.4 Å². The fourth-order valence-electron chi connectivity index (χ4n) is 2.18. The highest BCUT2D eigenvalue weighted by atomic mass is 16.1. The zero-order valence-corrected chi connectivity index (χ0v) is 9.25. The quantitative estimate of drug-likeness (QED) is 0.780. The Balaban J connectivity index is 1.87. The second-order valence-corrected chi connectivity index (χ2v) is 4.36. The number of aryl methyl sites for hydroxylation is 2. The molecule has 1 fully saturated rings. The summed E-state index contributed by atoms with van der Waals surface area (Å²) in [4.78, 5) is 11.4. The van der Waals surface area contributed by atoms with E-state index in [9.17, 15) is 4.79 Å². The van der Waals surface area contributed by atoms with Gasteiger partial charge in [0.05, 0.1) is 0 Å². The topological polar surface area (TPSA) is 49.8 Å². The highest BCUT2D eigenvalue weighted by molar-refractivity contribution is 4.95. The molecule has 0 spiro atoms. The first kappa shape index (κ1) is 10.5. The van der Waals surface area contributed by atoms with Crippen LogP contribution < -0.4 is 10.9 Å². The van der Waals surface area contributed by atoms with Crippen LogP contribution in [0.2, 0.25) is 0 Å². The van der Waals surface area contributed by atoms with E-state index in [0.29, 0.717) is 6.04 Å². The minimum Gasteiger partial charge on any atom is -0.314 e. The number of aromatic nitrogens is 2. The predicted molar refractivity (Wildman–Crippen MR) is 60.0 cm³/mol. The molecular weight excluding hydrogens is 190 g/mol. The molecule has 4 nitrogen and oxygen atoms in total. The lowest BCUT2D eigenvalue weighted by Gasteiger charge is -2.23. The molecule has 1 aliphatic rings. The van der Waals surface area contributed by atoms with E-state index in [4.69, 9.17) is 0 Å². The van der Waals surface area contributed by atoms with Crippen LogP contribution in [0.1, 0.15) is 31.4 Å². The van der Waals surface area contributed by atoms with Crippen molar-refractivity contribution >= 4 is 0 Å². The minimum atomic E-state index is 0.0864. The molecule has 2 rings (SSSR count). The van der Waals surface area contributed by atoms with Gasteiger partial charge in [-0.1, -0.05) is 6.42 Å². The van der Waals surface area contributed by atoms with Gasteiger partial charge in [-0.05, 0) is 32.7 Å². The number of H-pyrrole nitrogens is 1. The maximum absolute atomic E-state index is 11.4. The molecule has 2 N–H and O–H groups in total. The van der Waals surface area contributed by atoms with Crippen molar-refractivity contribution in [3.05, 3.63) is 22.1 Å². The molecule has 1 aromatic heterocycles. The third kappa shape index (κ3) is 2.72. The first-order chi connectivity index (χ1) is 7.25. The summed E-state index contributed by atoms with van der Waals surface area (Å²) in [5, 5.41) is 6.55. The molecule has 1 aliphatic heterocycles. The number of rotatable bonds is 3. The van der Waals surface area contributed by atoms with Crippen molar-refractivity contribution in [1.82, 2.24) is 15.1 Å². The fourth-order valence-corrected chi connectivity index (χ4v) is 2.18. The molecule has 1 unspecified atom stereocenters. The van der Waals surface area contributed by atoms with Gasteiger partial charge in [-0.15, -0.1) is 0 Å². The van der Waals surface area contributed by atoms with Crippen molar-refractivity contribution in [2.45, 2.75) is 45.2 Å². The van der Waals surface area contributed by atoms with Gasteiger partial charge in [0.25, 0.3) is 5.56 Å². The second kappa shape index (κ2) is 4.66. The Morgan fingerprint density at radius 1 is 1.53 bits per heavy atom. The van der Waals surface area contributed by atoms with Gasteiger partial charge in [0.2, 0.25) is 0 Å². The molecule has 15 heavy (non-hydrogen) atoms. The van der Waals surface area contributed by atoms with Crippen molar-refractivity contribution in [2.75, 3.05) is 6.54 Å². The van der Waals surface area contributed by atoms with Crippen LogP contribution in [0.3, 0.4) is 0 Å². The number of nitrogens with one attached hydrogen (secondary N) is 2. The Labute approximate surface area is 89.7 Å². The molecule has 1 atom stereocenters. The van der Waals surface area contributed by atoms with Gasteiger partial charge in [0.1, 0.15) is 0 Å². The van der Waals surface area contributed by atoms with Gasteiger partial charge < -0.3 is 10.4 Å². The van der Waals surface area contributed by atoms with E-state index >= 15 is 0 Å². The summed E-state index contributed by atoms with van der Waals surface area (Å²) in [5.74, 6) is 0. The van der Waals surface area contributed by atoms with Gasteiger partial charge in [0.15, 0.2) is 0 Å². The molecule has 0 amide bonds. The predicted octanol–water partition coefficient (Wildman–Crippen LogP) is 1.02. The SMILES string of the molecule is Cc1cc(=O)n(CCC2CCCCN2)[nH]1. The van der Waals surface area contributed by atoms with Gasteiger partial charge >= 0.3 is 0 Å². The summed E-state index contributed by atoms with van der Waals surface area (Å²) in [7, 11) is 0. The maximum Gasteiger partial charge on any atom is 0.266 e. The standard InChI is InChI=1S/C11H19N3O/c1-9-8-11(15)14(13-9)7-5-10-4-2-3-6-12-10/h8,10,12-13H,2-7H2,1H3. The normalized spacial score (nSPS) is 21.8. The van der Waals surface area contributed by atoms with E-state index in [1.807, 2.05) is 6.92 Å². The van der Waals surface area contributed by atoms with E-state index in [0.717, 1.165) is 25.2 Å². The van der Waals surface area contributed by atoms with Crippen molar-refractivity contribution in [3.8, 4) is 0 Å². The summed E-state index contributed by atoms with van der Waals surface area (Å²) >= 11 is 0. The van der Waals surface area contributed by atoms with E-state index < -0.39 is 0 Å². The number of hydrogen-bond donors (Lipinski definition) is 2. The molecule has 0 saturated carbocycles. The van der Waals surface area contributed by atoms with Crippen LogP contribution in [0.4, 0.5) is 0 Å². The maximum atomic E-state index is 11.4. The molecule has 1 saturated heterocycles. The first-order valence-corrected chi connectivity index (χ1v) is 5.75. The third-order valence-corrected chi connectivity index (χ3v) is 3.03. The van der Waals surface area contributed by atoms with E-state index in [1.54, 1.807) is 10.7 Å². The lowest BCUT2D eigenvalue weighted by Crippen LogP contribution is -2.35. The molecule has 0 radical (unpaired) electrons. The summed E-state index contributed by atoms with van der Waals surface area (Å²) < 4.78 is 1.70. The lowest BCUT2D eigenvalue weighted by molar-refractivity contribution is 0.358. The van der Waals surface area contributed by atoms with Crippen LogP contribution in [0, 0.1) is 6.92 Å². The molecular formula is C11H19N3O. The van der Waals surface area contributed by atoms with Crippen LogP contribution in [0.5, 0.6) is 0 Å². The highest BCUT2D eigenvalue weighted by Crippen LogP contribution is 2.10. The number of piperidine rings is 1. The largest absolute Gasteiger partial charge is 0.314 e. The zero-order valence-electron chi connectivity index (χ0n) is 9.25. The van der Waals surface area contributed by atoms with Crippen molar-refractivity contribution in [1.29, 1.82) is 0 Å². The smallest absolute Gasteiger partial charge is 0.266 e. The summed E-state index contributed by atoms with van der Waals surface area (Å²) in [6, 6.07) is 2.24. The van der Waals surface area contributed by atoms with Crippen molar-refractivity contribution < 1.29 is 0 Å². The number of aromatic amines is 1. The van der Waals surface area contributed by atoms with Crippen LogP contribution in [0.25, 0.3) is 0 Å². The van der Waals surface area contributed by atoms with Crippen LogP contribution in [-0.2, 0) is 6.54 Å². The van der Waals surface area contributed by atoms with Gasteiger partial charge in [-0.25, -0.2) is 0 Å². The van der Waals surface area contributed by atoms with Crippen LogP contribution in [-0.4, -0.2) is 22.4 Å². The molecule has 0 bridgehead atoms. The average Bonchev–Trinajstić information content (AvgIpc) is 2.56. The van der Waals surface area contributed by atoms with Gasteiger partial charge in [0, 0.05) is 24.3 Å². The Morgan fingerprint density at radius 2 is 2.40 bits per heavy atom. The van der Waals surface area contributed by atoms with Crippen molar-refractivity contribution in [3.63, 3.8) is 0 Å². The third-order valence-electron chi connectivity index (χ3n) is 3.03. The van der Waals surface area contributed by atoms with Gasteiger partial charge in [-0.2, -0.15) is 0 Å². The Bertz CT molecular complexity index is 360. The van der Waals surface area contributed by atoms with Crippen LogP contribution >= 0.6 is 0 Å². The fraction of sp³-hybridized carbons (Fsp3) is 0.727. The molecule has 4 heteroatoms. The summed E-state index contributed by atoms with van der Waals surface area (Å²) in [6.45, 7) is 3.84. The highest BCUT2D eigenvalue weighted by Gasteiger charge is 2.12. The monoisotopic (exact) mass is 209 g/mol. The molecule has 0 aromatic carbocycles. The Morgan fingerprint density at radius 3 is 3.00 bits per heavy atom. The lowest BCUT2D eigenvalue weighted by atomic mass is 10.0. The zero-order chi connectivity index (χ0) is 10.7. The van der Waals surface area contributed by atoms with E-state index in [1.165, 1.54) is 19.3 Å². The van der Waals surface area contributed by atoms with Crippen LogP contribution in [0.15, 0.2) is 10.9 Å². The second-order valence-electron chi connectivity index (χ2n) is 4.36. The molecule has 0 aliphatic carbocycles. The summed E-state index contributed by atoms with van der Waals surface area (Å²) in [5.41, 5.74) is 1.03. The molecule has 84 valence electrons. The number of nitrogens with zero attached hydrogens (tertiary/aromatic N) is 1. The first-order valence-electron chi connectivity index (χ1n) is 5.75.